The van der Waals surface area contributed by atoms with E-state index < -0.39 is 4.92 Å². The van der Waals surface area contributed by atoms with Gasteiger partial charge in [0.05, 0.1) is 21.8 Å². The Morgan fingerprint density at radius 3 is 2.77 bits per heavy atom. The average Bonchev–Trinajstić information content (AvgIpc) is 3.06. The van der Waals surface area contributed by atoms with Crippen molar-refractivity contribution in [3.8, 4) is 11.3 Å². The van der Waals surface area contributed by atoms with Gasteiger partial charge in [0.25, 0.3) is 5.69 Å². The van der Waals surface area contributed by atoms with Crippen LogP contribution in [-0.2, 0) is 0 Å². The second kappa shape index (κ2) is 6.29. The number of nitrogens with two attached hydrogens (primary N) is 1. The molecule has 3 aromatic rings. The number of nitrogens with zero attached hydrogens (tertiary/aromatic N) is 3. The highest BCUT2D eigenvalue weighted by atomic mass is 16.6. The molecule has 0 bridgehead atoms. The molecule has 0 saturated carbocycles. The van der Waals surface area contributed by atoms with Crippen LogP contribution in [0, 0.1) is 10.1 Å². The molecule has 1 saturated heterocycles. The Labute approximate surface area is 151 Å². The molecule has 1 aromatic heterocycles. The van der Waals surface area contributed by atoms with E-state index >= 15 is 0 Å². The highest BCUT2D eigenvalue weighted by molar-refractivity contribution is 5.90. The summed E-state index contributed by atoms with van der Waals surface area (Å²) in [6, 6.07) is 15.4. The van der Waals surface area contributed by atoms with Crippen molar-refractivity contribution in [2.75, 3.05) is 17.2 Å². The summed E-state index contributed by atoms with van der Waals surface area (Å²) in [5.41, 5.74) is 9.22. The van der Waals surface area contributed by atoms with E-state index in [-0.39, 0.29) is 11.4 Å². The zero-order valence-corrected chi connectivity index (χ0v) is 14.6. The van der Waals surface area contributed by atoms with Crippen molar-refractivity contribution >= 4 is 28.0 Å². The minimum Gasteiger partial charge on any atom is -0.393 e. The van der Waals surface area contributed by atoms with Crippen LogP contribution in [-0.4, -0.2) is 22.5 Å². The summed E-state index contributed by atoms with van der Waals surface area (Å²) in [4.78, 5) is 18.1. The lowest BCUT2D eigenvalue weighted by atomic mass is 10.0. The van der Waals surface area contributed by atoms with Gasteiger partial charge in [0.2, 0.25) is 0 Å². The molecule has 2 aromatic carbocycles. The van der Waals surface area contributed by atoms with Crippen molar-refractivity contribution in [2.45, 2.75) is 25.8 Å². The number of nitro benzene ring substituents is 1. The Kier molecular flexibility index (Phi) is 3.95. The lowest BCUT2D eigenvalue weighted by molar-refractivity contribution is -0.383. The lowest BCUT2D eigenvalue weighted by Crippen LogP contribution is -2.27. The van der Waals surface area contributed by atoms with Crippen molar-refractivity contribution < 1.29 is 4.92 Å². The van der Waals surface area contributed by atoms with E-state index in [0.29, 0.717) is 11.6 Å². The van der Waals surface area contributed by atoms with Gasteiger partial charge in [0.15, 0.2) is 0 Å². The number of hydrogen-bond donors (Lipinski definition) is 1. The van der Waals surface area contributed by atoms with E-state index in [1.807, 2.05) is 30.3 Å². The molecule has 6 nitrogen and oxygen atoms in total. The maximum atomic E-state index is 11.3. The first-order chi connectivity index (χ1) is 12.5. The largest absolute Gasteiger partial charge is 0.393 e. The third kappa shape index (κ3) is 2.73. The van der Waals surface area contributed by atoms with Gasteiger partial charge < -0.3 is 10.6 Å². The Bertz CT molecular complexity index is 1000. The topological polar surface area (TPSA) is 85.3 Å². The summed E-state index contributed by atoms with van der Waals surface area (Å²) in [5.74, 6) is 0. The fourth-order valence-electron chi connectivity index (χ4n) is 3.68. The van der Waals surface area contributed by atoms with Crippen LogP contribution in [0.15, 0.2) is 48.5 Å². The second-order valence-electron chi connectivity index (χ2n) is 6.76. The minimum atomic E-state index is -0.446. The summed E-state index contributed by atoms with van der Waals surface area (Å²) < 4.78 is 0. The Morgan fingerprint density at radius 1 is 1.23 bits per heavy atom. The molecule has 1 aliphatic heterocycles. The van der Waals surface area contributed by atoms with Crippen molar-refractivity contribution in [3.05, 3.63) is 58.6 Å². The van der Waals surface area contributed by atoms with Gasteiger partial charge in [-0.05, 0) is 38.0 Å². The van der Waals surface area contributed by atoms with Gasteiger partial charge in [0.1, 0.15) is 5.69 Å². The third-order valence-corrected chi connectivity index (χ3v) is 5.07. The molecule has 4 rings (SSSR count). The van der Waals surface area contributed by atoms with Crippen LogP contribution >= 0.6 is 0 Å². The highest BCUT2D eigenvalue weighted by Crippen LogP contribution is 2.38. The molecule has 1 unspecified atom stereocenters. The molecule has 0 amide bonds. The first-order valence-corrected chi connectivity index (χ1v) is 8.75. The number of para-hydroxylation sites is 1. The fourth-order valence-corrected chi connectivity index (χ4v) is 3.68. The van der Waals surface area contributed by atoms with Gasteiger partial charge >= 0.3 is 0 Å². The first kappa shape index (κ1) is 16.3. The number of nitrogen functional groups attached to an aromatic ring is 1. The van der Waals surface area contributed by atoms with Gasteiger partial charge in [-0.2, -0.15) is 0 Å². The van der Waals surface area contributed by atoms with E-state index in [0.717, 1.165) is 41.7 Å². The van der Waals surface area contributed by atoms with Crippen molar-refractivity contribution in [1.82, 2.24) is 4.98 Å². The Morgan fingerprint density at radius 2 is 2.04 bits per heavy atom. The van der Waals surface area contributed by atoms with Crippen LogP contribution in [0.1, 0.15) is 19.8 Å². The quantitative estimate of drug-likeness (QED) is 0.431. The summed E-state index contributed by atoms with van der Waals surface area (Å²) in [6.07, 6.45) is 2.27. The van der Waals surface area contributed by atoms with Gasteiger partial charge in [-0.3, -0.25) is 10.1 Å². The molecule has 0 aliphatic carbocycles. The molecule has 0 spiro atoms. The molecule has 1 atom stereocenters. The summed E-state index contributed by atoms with van der Waals surface area (Å²) in [7, 11) is 0. The molecule has 0 radical (unpaired) electrons. The van der Waals surface area contributed by atoms with E-state index in [1.165, 1.54) is 6.07 Å². The normalized spacial score (nSPS) is 17.0. The standard InChI is InChI=1S/C20H20N4O2/c1-13-5-4-10-23(13)19-11-14-6-2-3-7-17(14)22-20(19)15-8-9-16(21)18(12-15)24(25)26/h2-3,6-9,11-13H,4-5,10,21H2,1H3. The molecule has 1 aliphatic rings. The minimum absolute atomic E-state index is 0.0853. The van der Waals surface area contributed by atoms with Crippen LogP contribution in [0.25, 0.3) is 22.2 Å². The average molecular weight is 348 g/mol. The molecule has 6 heteroatoms. The maximum absolute atomic E-state index is 11.3. The molecular weight excluding hydrogens is 328 g/mol. The number of anilines is 2. The van der Waals surface area contributed by atoms with Crippen LogP contribution < -0.4 is 10.6 Å². The SMILES string of the molecule is CC1CCCN1c1cc2ccccc2nc1-c1ccc(N)c([N+](=O)[O-])c1. The third-order valence-electron chi connectivity index (χ3n) is 5.07. The van der Waals surface area contributed by atoms with Gasteiger partial charge in [-0.15, -0.1) is 0 Å². The molecule has 2 N–H and O–H groups in total. The molecule has 1 fully saturated rings. The lowest BCUT2D eigenvalue weighted by Gasteiger charge is -2.26. The van der Waals surface area contributed by atoms with Gasteiger partial charge in [-0.25, -0.2) is 4.98 Å². The maximum Gasteiger partial charge on any atom is 0.292 e. The summed E-state index contributed by atoms with van der Waals surface area (Å²) in [6.45, 7) is 3.17. The van der Waals surface area contributed by atoms with Crippen LogP contribution in [0.4, 0.5) is 17.1 Å². The van der Waals surface area contributed by atoms with Gasteiger partial charge in [0, 0.05) is 29.6 Å². The summed E-state index contributed by atoms with van der Waals surface area (Å²) in [5, 5.41) is 12.4. The van der Waals surface area contributed by atoms with Crippen molar-refractivity contribution in [1.29, 1.82) is 0 Å². The van der Waals surface area contributed by atoms with Crippen LogP contribution in [0.3, 0.4) is 0 Å². The van der Waals surface area contributed by atoms with E-state index in [4.69, 9.17) is 10.7 Å². The van der Waals surface area contributed by atoms with Crippen molar-refractivity contribution in [3.63, 3.8) is 0 Å². The fraction of sp³-hybridized carbons (Fsp3) is 0.250. The number of aromatic nitrogens is 1. The summed E-state index contributed by atoms with van der Waals surface area (Å²) >= 11 is 0. The van der Waals surface area contributed by atoms with Gasteiger partial charge in [-0.1, -0.05) is 24.3 Å². The number of benzene rings is 2. The molecular formula is C20H20N4O2. The number of nitro groups is 1. The van der Waals surface area contributed by atoms with Crippen LogP contribution in [0.2, 0.25) is 0 Å². The number of fused-ring (bicyclic) bond motifs is 1. The van der Waals surface area contributed by atoms with E-state index in [9.17, 15) is 10.1 Å². The number of rotatable bonds is 3. The highest BCUT2D eigenvalue weighted by Gasteiger charge is 2.25. The van der Waals surface area contributed by atoms with Crippen molar-refractivity contribution in [2.24, 2.45) is 0 Å². The second-order valence-corrected chi connectivity index (χ2v) is 6.76. The smallest absolute Gasteiger partial charge is 0.292 e. The predicted molar refractivity (Wildman–Crippen MR) is 104 cm³/mol. The Hall–Kier alpha value is -3.15. The van der Waals surface area contributed by atoms with E-state index in [1.54, 1.807) is 6.07 Å². The first-order valence-electron chi connectivity index (χ1n) is 8.75. The zero-order valence-electron chi connectivity index (χ0n) is 14.6. The van der Waals surface area contributed by atoms with E-state index in [2.05, 4.69) is 17.9 Å². The zero-order chi connectivity index (χ0) is 18.3. The molecule has 132 valence electrons. The van der Waals surface area contributed by atoms with Crippen LogP contribution in [0.5, 0.6) is 0 Å². The monoisotopic (exact) mass is 348 g/mol. The molecule has 2 heterocycles. The number of hydrogen-bond acceptors (Lipinski definition) is 5. The Balaban J connectivity index is 1.95. The number of pyridine rings is 1. The predicted octanol–water partition coefficient (Wildman–Crippen LogP) is 4.38. The molecule has 26 heavy (non-hydrogen) atoms.